The number of benzene rings is 4. The number of amides is 3. The Morgan fingerprint density at radius 2 is 1.88 bits per heavy atom. The standard InChI is InChI=1S/C36H33ClFN3O7/c1-46-33-17-26-8-6-24(33)18-39-34(43)20-47-25-4-2-3-22(15-25)23-7-9-29(38)27(16-23)36(45)40-30-19-41(12-11-32(30)48-26)35(44)14-21-5-10-31(42)28(37)13-21/h2-10,13,15-17,30,32,42H,11-12,14,18-20H2,1H3,(H,39,43)(H,40,45)/t30-,32+/m1/s1. The summed E-state index contributed by atoms with van der Waals surface area (Å²) >= 11 is 6.05. The third kappa shape index (κ3) is 7.47. The van der Waals surface area contributed by atoms with E-state index in [0.29, 0.717) is 52.5 Å². The molecule has 0 spiro atoms. The molecule has 0 aromatic heterocycles. The summed E-state index contributed by atoms with van der Waals surface area (Å²) in [6.07, 6.45) is -0.189. The molecule has 3 aliphatic rings. The third-order valence-corrected chi connectivity index (χ3v) is 8.66. The number of nitrogens with one attached hydrogen (secondary N) is 2. The number of hydrogen-bond donors (Lipinski definition) is 3. The summed E-state index contributed by atoms with van der Waals surface area (Å²) in [5.41, 5.74) is 2.38. The highest BCUT2D eigenvalue weighted by atomic mass is 35.5. The maximum Gasteiger partial charge on any atom is 0.258 e. The van der Waals surface area contributed by atoms with Crippen molar-refractivity contribution in [2.45, 2.75) is 31.5 Å². The first-order chi connectivity index (χ1) is 23.2. The van der Waals surface area contributed by atoms with Gasteiger partial charge in [0.2, 0.25) is 5.91 Å². The van der Waals surface area contributed by atoms with E-state index in [2.05, 4.69) is 10.6 Å². The molecule has 4 aromatic rings. The van der Waals surface area contributed by atoms with Crippen LogP contribution in [0, 0.1) is 5.82 Å². The van der Waals surface area contributed by atoms with Gasteiger partial charge in [0, 0.05) is 37.7 Å². The number of carbonyl (C=O) groups excluding carboxylic acids is 3. The average molecular weight is 674 g/mol. The number of carbonyl (C=O) groups is 3. The largest absolute Gasteiger partial charge is 0.506 e. The number of likely N-dealkylation sites (tertiary alicyclic amines) is 1. The predicted molar refractivity (Wildman–Crippen MR) is 176 cm³/mol. The molecule has 0 unspecified atom stereocenters. The Morgan fingerprint density at radius 1 is 1.04 bits per heavy atom. The van der Waals surface area contributed by atoms with E-state index in [1.165, 1.54) is 31.4 Å². The Hall–Kier alpha value is -5.29. The lowest BCUT2D eigenvalue weighted by Crippen LogP contribution is -2.58. The maximum absolute atomic E-state index is 15.2. The fraction of sp³-hybridized carbons (Fsp3) is 0.250. The lowest BCUT2D eigenvalue weighted by molar-refractivity contribution is -0.133. The SMILES string of the molecule is COc1cc2ccc1CNC(=O)COc1cccc(c1)-c1ccc(F)c(c1)C(=O)N[C@@H]1CN(C(=O)Cc3ccc(O)c(Cl)c3)CC[C@@H]1O2. The highest BCUT2D eigenvalue weighted by molar-refractivity contribution is 6.32. The third-order valence-electron chi connectivity index (χ3n) is 8.36. The molecule has 48 heavy (non-hydrogen) atoms. The summed E-state index contributed by atoms with van der Waals surface area (Å²) in [6, 6.07) is 20.2. The molecular formula is C36H33ClFN3O7. The minimum absolute atomic E-state index is 0.0286. The van der Waals surface area contributed by atoms with Crippen molar-refractivity contribution >= 4 is 29.3 Å². The minimum atomic E-state index is -0.715. The van der Waals surface area contributed by atoms with Gasteiger partial charge in [0.1, 0.15) is 34.9 Å². The summed E-state index contributed by atoms with van der Waals surface area (Å²) in [5.74, 6) is -0.647. The van der Waals surface area contributed by atoms with Crippen LogP contribution in [0.2, 0.25) is 5.02 Å². The van der Waals surface area contributed by atoms with E-state index >= 15 is 4.39 Å². The van der Waals surface area contributed by atoms with Crippen molar-refractivity contribution in [2.75, 3.05) is 26.8 Å². The van der Waals surface area contributed by atoms with Crippen molar-refractivity contribution in [3.05, 3.63) is 106 Å². The smallest absolute Gasteiger partial charge is 0.258 e. The molecule has 0 aliphatic carbocycles. The highest BCUT2D eigenvalue weighted by Gasteiger charge is 2.35. The number of phenols is 1. The highest BCUT2D eigenvalue weighted by Crippen LogP contribution is 2.30. The van der Waals surface area contributed by atoms with Gasteiger partial charge in [-0.1, -0.05) is 35.9 Å². The van der Waals surface area contributed by atoms with Crippen molar-refractivity contribution in [1.82, 2.24) is 15.5 Å². The fourth-order valence-corrected chi connectivity index (χ4v) is 5.99. The van der Waals surface area contributed by atoms with Crippen molar-refractivity contribution < 1.29 is 38.1 Å². The molecular weight excluding hydrogens is 641 g/mol. The van der Waals surface area contributed by atoms with Crippen molar-refractivity contribution in [1.29, 1.82) is 0 Å². The van der Waals surface area contributed by atoms with Crippen LogP contribution in [-0.2, 0) is 22.6 Å². The van der Waals surface area contributed by atoms with Crippen molar-refractivity contribution in [3.8, 4) is 34.1 Å². The van der Waals surface area contributed by atoms with E-state index in [1.807, 2.05) is 0 Å². The number of piperidine rings is 1. The van der Waals surface area contributed by atoms with Crippen molar-refractivity contribution in [2.24, 2.45) is 0 Å². The number of phenolic OH excluding ortho intramolecular Hbond substituents is 1. The molecule has 248 valence electrons. The van der Waals surface area contributed by atoms with Gasteiger partial charge >= 0.3 is 0 Å². The molecule has 0 saturated carbocycles. The molecule has 0 radical (unpaired) electrons. The molecule has 7 rings (SSSR count). The van der Waals surface area contributed by atoms with E-state index < -0.39 is 23.9 Å². The van der Waals surface area contributed by atoms with E-state index in [4.69, 9.17) is 25.8 Å². The topological polar surface area (TPSA) is 126 Å². The summed E-state index contributed by atoms with van der Waals surface area (Å²) in [5, 5.41) is 15.7. The summed E-state index contributed by atoms with van der Waals surface area (Å²) in [7, 11) is 1.51. The second-order valence-corrected chi connectivity index (χ2v) is 12.0. The number of methoxy groups -OCH3 is 1. The number of aromatic hydroxyl groups is 1. The number of rotatable bonds is 3. The lowest BCUT2D eigenvalue weighted by Gasteiger charge is -2.39. The molecule has 1 saturated heterocycles. The number of hydrogen-bond acceptors (Lipinski definition) is 7. The number of ether oxygens (including phenoxy) is 3. The minimum Gasteiger partial charge on any atom is -0.506 e. The van der Waals surface area contributed by atoms with Crippen LogP contribution in [0.15, 0.2) is 78.9 Å². The van der Waals surface area contributed by atoms with E-state index in [0.717, 1.165) is 0 Å². The fourth-order valence-electron chi connectivity index (χ4n) is 5.79. The Labute approximate surface area is 281 Å². The molecule has 3 amide bonds. The predicted octanol–water partition coefficient (Wildman–Crippen LogP) is 4.89. The van der Waals surface area contributed by atoms with Gasteiger partial charge in [-0.3, -0.25) is 14.4 Å². The Kier molecular flexibility index (Phi) is 9.67. The van der Waals surface area contributed by atoms with Gasteiger partial charge in [-0.05, 0) is 65.2 Å². The zero-order valence-electron chi connectivity index (χ0n) is 26.0. The number of fused-ring (bicyclic) bond motifs is 7. The van der Waals surface area contributed by atoms with Crippen LogP contribution in [0.1, 0.15) is 27.9 Å². The summed E-state index contributed by atoms with van der Waals surface area (Å²) < 4.78 is 32.9. The van der Waals surface area contributed by atoms with Gasteiger partial charge in [-0.2, -0.15) is 0 Å². The van der Waals surface area contributed by atoms with Crippen molar-refractivity contribution in [3.63, 3.8) is 0 Å². The molecule has 1 fully saturated rings. The molecule has 12 heteroatoms. The van der Waals surface area contributed by atoms with Crippen LogP contribution >= 0.6 is 11.6 Å². The molecule has 3 N–H and O–H groups in total. The molecule has 3 heterocycles. The number of halogens is 2. The maximum atomic E-state index is 15.2. The van der Waals surface area contributed by atoms with Crippen LogP contribution in [0.25, 0.3) is 11.1 Å². The Bertz CT molecular complexity index is 1870. The van der Waals surface area contributed by atoms with Gasteiger partial charge in [0.25, 0.3) is 11.8 Å². The first-order valence-electron chi connectivity index (χ1n) is 15.4. The molecule has 2 atom stereocenters. The molecule has 10 nitrogen and oxygen atoms in total. The van der Waals surface area contributed by atoms with Crippen LogP contribution in [-0.4, -0.2) is 66.7 Å². The normalized spacial score (nSPS) is 18.0. The van der Waals surface area contributed by atoms with Gasteiger partial charge in [-0.15, -0.1) is 0 Å². The summed E-state index contributed by atoms with van der Waals surface area (Å²) in [4.78, 5) is 41.3. The van der Waals surface area contributed by atoms with Gasteiger partial charge in [-0.25, -0.2) is 4.39 Å². The van der Waals surface area contributed by atoms with Crippen LogP contribution < -0.4 is 24.8 Å². The van der Waals surface area contributed by atoms with Crippen LogP contribution in [0.3, 0.4) is 0 Å². The zero-order valence-corrected chi connectivity index (χ0v) is 26.8. The van der Waals surface area contributed by atoms with Crippen LogP contribution in [0.5, 0.6) is 23.0 Å². The van der Waals surface area contributed by atoms with Gasteiger partial charge in [0.15, 0.2) is 6.61 Å². The average Bonchev–Trinajstić information content (AvgIpc) is 3.08. The summed E-state index contributed by atoms with van der Waals surface area (Å²) in [6.45, 7) is 0.402. The molecule has 3 aliphatic heterocycles. The van der Waals surface area contributed by atoms with E-state index in [-0.39, 0.29) is 54.3 Å². The molecule has 4 aromatic carbocycles. The monoisotopic (exact) mass is 673 g/mol. The number of nitrogens with zero attached hydrogens (tertiary/aromatic N) is 1. The molecule has 6 bridgehead atoms. The van der Waals surface area contributed by atoms with Crippen LogP contribution in [0.4, 0.5) is 4.39 Å². The first kappa shape index (κ1) is 32.6. The van der Waals surface area contributed by atoms with E-state index in [1.54, 1.807) is 59.5 Å². The van der Waals surface area contributed by atoms with E-state index in [9.17, 15) is 19.5 Å². The second-order valence-electron chi connectivity index (χ2n) is 11.6. The Morgan fingerprint density at radius 3 is 2.69 bits per heavy atom. The zero-order chi connectivity index (χ0) is 33.8. The van der Waals surface area contributed by atoms with Gasteiger partial charge in [0.05, 0.1) is 30.2 Å². The first-order valence-corrected chi connectivity index (χ1v) is 15.7. The second kappa shape index (κ2) is 14.2. The quantitative estimate of drug-likeness (QED) is 0.283. The lowest BCUT2D eigenvalue weighted by atomic mass is 9.99. The van der Waals surface area contributed by atoms with Gasteiger partial charge < -0.3 is 34.9 Å². The Balaban J connectivity index is 1.32.